The summed E-state index contributed by atoms with van der Waals surface area (Å²) >= 11 is 6.03. The van der Waals surface area contributed by atoms with Gasteiger partial charge >= 0.3 is 0 Å². The molecular weight excluding hydrogens is 288 g/mol. The third kappa shape index (κ3) is 3.82. The van der Waals surface area contributed by atoms with Gasteiger partial charge in [0.15, 0.2) is 0 Å². The van der Waals surface area contributed by atoms with Gasteiger partial charge in [-0.3, -0.25) is 9.89 Å². The number of nitrogens with zero attached hydrogens (tertiary/aromatic N) is 2. The first-order valence-corrected chi connectivity index (χ1v) is 7.13. The number of carbonyl (C=O) groups excluding carboxylic acids is 1. The van der Waals surface area contributed by atoms with E-state index in [2.05, 4.69) is 20.5 Å². The van der Waals surface area contributed by atoms with Gasteiger partial charge in [0.1, 0.15) is 5.15 Å². The topological polar surface area (TPSA) is 70.7 Å². The highest BCUT2D eigenvalue weighted by Gasteiger charge is 2.20. The van der Waals surface area contributed by atoms with Crippen molar-refractivity contribution in [1.29, 1.82) is 0 Å². The molecule has 0 aliphatic carbocycles. The Kier molecular flexibility index (Phi) is 4.32. The van der Waals surface area contributed by atoms with Crippen LogP contribution < -0.4 is 5.32 Å². The summed E-state index contributed by atoms with van der Waals surface area (Å²) in [6, 6.07) is 3.22. The average Bonchev–Trinajstić information content (AvgIpc) is 2.90. The maximum atomic E-state index is 12.4. The molecule has 0 saturated heterocycles. The van der Waals surface area contributed by atoms with Crippen molar-refractivity contribution in [1.82, 2.24) is 20.5 Å². The summed E-state index contributed by atoms with van der Waals surface area (Å²) in [5.74, 6) is -0.182. The van der Waals surface area contributed by atoms with Gasteiger partial charge in [-0.2, -0.15) is 5.10 Å². The number of amides is 1. The first-order chi connectivity index (χ1) is 9.77. The Morgan fingerprint density at radius 2 is 2.10 bits per heavy atom. The van der Waals surface area contributed by atoms with Gasteiger partial charge < -0.3 is 5.32 Å². The van der Waals surface area contributed by atoms with Crippen LogP contribution in [0.4, 0.5) is 0 Å². The third-order valence-electron chi connectivity index (χ3n) is 3.19. The fraction of sp³-hybridized carbons (Fsp3) is 0.400. The van der Waals surface area contributed by atoms with Crippen LogP contribution in [-0.4, -0.2) is 21.1 Å². The number of nitrogens with one attached hydrogen (secondary N) is 2. The fourth-order valence-electron chi connectivity index (χ4n) is 1.87. The predicted molar refractivity (Wildman–Crippen MR) is 82.4 cm³/mol. The van der Waals surface area contributed by atoms with Crippen LogP contribution in [0.1, 0.15) is 55.4 Å². The highest BCUT2D eigenvalue weighted by atomic mass is 35.5. The number of halogens is 1. The smallest absolute Gasteiger partial charge is 0.251 e. The summed E-state index contributed by atoms with van der Waals surface area (Å²) in [7, 11) is 0. The summed E-state index contributed by atoms with van der Waals surface area (Å²) in [6.07, 6.45) is 3.44. The standard InChI is InChI=1S/C15H19ClN4O/c1-9(11-7-17-18-8-11)19-14(21)10-5-12(15(2,3)4)20-13(16)6-10/h5-9H,1-4H3,(H,17,18)(H,19,21). The Morgan fingerprint density at radius 1 is 1.38 bits per heavy atom. The fourth-order valence-corrected chi connectivity index (χ4v) is 2.08. The van der Waals surface area contributed by atoms with Crippen LogP contribution in [0.3, 0.4) is 0 Å². The first-order valence-electron chi connectivity index (χ1n) is 6.75. The molecule has 2 heterocycles. The van der Waals surface area contributed by atoms with E-state index in [9.17, 15) is 4.79 Å². The first kappa shape index (κ1) is 15.5. The lowest BCUT2D eigenvalue weighted by molar-refractivity contribution is 0.0939. The molecule has 0 aliphatic rings. The van der Waals surface area contributed by atoms with E-state index in [-0.39, 0.29) is 17.4 Å². The molecule has 1 unspecified atom stereocenters. The zero-order valence-corrected chi connectivity index (χ0v) is 13.3. The number of aromatic nitrogens is 3. The summed E-state index contributed by atoms with van der Waals surface area (Å²) in [6.45, 7) is 7.99. The van der Waals surface area contributed by atoms with Gasteiger partial charge in [0.25, 0.3) is 5.91 Å². The molecule has 6 heteroatoms. The second-order valence-electron chi connectivity index (χ2n) is 6.04. The van der Waals surface area contributed by atoms with Gasteiger partial charge in [0.05, 0.1) is 12.2 Å². The summed E-state index contributed by atoms with van der Waals surface area (Å²) in [5.41, 5.74) is 2.04. The number of H-pyrrole nitrogens is 1. The van der Waals surface area contributed by atoms with Gasteiger partial charge in [0, 0.05) is 28.4 Å². The van der Waals surface area contributed by atoms with Crippen LogP contribution in [0.15, 0.2) is 24.5 Å². The van der Waals surface area contributed by atoms with E-state index in [4.69, 9.17) is 11.6 Å². The van der Waals surface area contributed by atoms with E-state index in [1.165, 1.54) is 0 Å². The van der Waals surface area contributed by atoms with Crippen LogP contribution in [0, 0.1) is 0 Å². The lowest BCUT2D eigenvalue weighted by Gasteiger charge is -2.19. The second-order valence-corrected chi connectivity index (χ2v) is 6.43. The van der Waals surface area contributed by atoms with Gasteiger partial charge in [-0.15, -0.1) is 0 Å². The molecule has 0 bridgehead atoms. The maximum Gasteiger partial charge on any atom is 0.251 e. The van der Waals surface area contributed by atoms with Crippen LogP contribution in [0.5, 0.6) is 0 Å². The molecule has 21 heavy (non-hydrogen) atoms. The van der Waals surface area contributed by atoms with Crippen molar-refractivity contribution >= 4 is 17.5 Å². The van der Waals surface area contributed by atoms with E-state index >= 15 is 0 Å². The molecule has 2 aromatic rings. The Morgan fingerprint density at radius 3 is 2.67 bits per heavy atom. The van der Waals surface area contributed by atoms with Crippen molar-refractivity contribution in [3.05, 3.63) is 46.5 Å². The zero-order valence-electron chi connectivity index (χ0n) is 12.6. The molecule has 0 fully saturated rings. The molecule has 1 amide bonds. The molecule has 0 spiro atoms. The summed E-state index contributed by atoms with van der Waals surface area (Å²) < 4.78 is 0. The van der Waals surface area contributed by atoms with Gasteiger partial charge in [0.2, 0.25) is 0 Å². The quantitative estimate of drug-likeness (QED) is 0.855. The maximum absolute atomic E-state index is 12.4. The molecule has 5 nitrogen and oxygen atoms in total. The van der Waals surface area contributed by atoms with E-state index in [1.807, 2.05) is 27.7 Å². The molecule has 2 rings (SSSR count). The molecule has 0 saturated carbocycles. The number of rotatable bonds is 3. The van der Waals surface area contributed by atoms with Crippen molar-refractivity contribution < 1.29 is 4.79 Å². The Bertz CT molecular complexity index is 632. The third-order valence-corrected chi connectivity index (χ3v) is 3.39. The minimum absolute atomic E-state index is 0.138. The predicted octanol–water partition coefficient (Wildman–Crippen LogP) is 3.25. The zero-order chi connectivity index (χ0) is 15.6. The minimum atomic E-state index is -0.182. The number of carbonyl (C=O) groups is 1. The van der Waals surface area contributed by atoms with E-state index in [0.717, 1.165) is 11.3 Å². The molecule has 2 aromatic heterocycles. The molecule has 0 radical (unpaired) electrons. The van der Waals surface area contributed by atoms with Crippen molar-refractivity contribution in [2.45, 2.75) is 39.2 Å². The highest BCUT2D eigenvalue weighted by molar-refractivity contribution is 6.29. The molecule has 0 aromatic carbocycles. The number of aromatic amines is 1. The van der Waals surface area contributed by atoms with Crippen molar-refractivity contribution in [2.24, 2.45) is 0 Å². The van der Waals surface area contributed by atoms with Crippen LogP contribution in [-0.2, 0) is 5.41 Å². The van der Waals surface area contributed by atoms with Crippen LogP contribution >= 0.6 is 11.6 Å². The minimum Gasteiger partial charge on any atom is -0.345 e. The van der Waals surface area contributed by atoms with E-state index < -0.39 is 0 Å². The second kappa shape index (κ2) is 5.85. The van der Waals surface area contributed by atoms with Crippen molar-refractivity contribution in [3.8, 4) is 0 Å². The lowest BCUT2D eigenvalue weighted by Crippen LogP contribution is -2.27. The summed E-state index contributed by atoms with van der Waals surface area (Å²) in [4.78, 5) is 16.6. The molecule has 0 aliphatic heterocycles. The number of pyridine rings is 1. The Labute approximate surface area is 129 Å². The van der Waals surface area contributed by atoms with Gasteiger partial charge in [-0.05, 0) is 19.1 Å². The lowest BCUT2D eigenvalue weighted by atomic mass is 9.91. The van der Waals surface area contributed by atoms with Gasteiger partial charge in [-0.1, -0.05) is 32.4 Å². The van der Waals surface area contributed by atoms with Crippen LogP contribution in [0.25, 0.3) is 0 Å². The molecular formula is C15H19ClN4O. The molecule has 1 atom stereocenters. The Hall–Kier alpha value is -1.88. The molecule has 2 N–H and O–H groups in total. The number of hydrogen-bond donors (Lipinski definition) is 2. The van der Waals surface area contributed by atoms with E-state index in [0.29, 0.717) is 10.7 Å². The van der Waals surface area contributed by atoms with Crippen molar-refractivity contribution in [2.75, 3.05) is 0 Å². The largest absolute Gasteiger partial charge is 0.345 e. The highest BCUT2D eigenvalue weighted by Crippen LogP contribution is 2.23. The summed E-state index contributed by atoms with van der Waals surface area (Å²) in [5, 5.41) is 9.85. The number of hydrogen-bond acceptors (Lipinski definition) is 3. The van der Waals surface area contributed by atoms with Crippen LogP contribution in [0.2, 0.25) is 5.15 Å². The van der Waals surface area contributed by atoms with Gasteiger partial charge in [-0.25, -0.2) is 4.98 Å². The van der Waals surface area contributed by atoms with Crippen molar-refractivity contribution in [3.63, 3.8) is 0 Å². The van der Waals surface area contributed by atoms with E-state index in [1.54, 1.807) is 24.5 Å². The SMILES string of the molecule is CC(NC(=O)c1cc(Cl)nc(C(C)(C)C)c1)c1cn[nH]c1. The molecule has 112 valence electrons. The normalized spacial score (nSPS) is 13.0. The Balaban J connectivity index is 2.21. The monoisotopic (exact) mass is 306 g/mol. The average molecular weight is 307 g/mol.